The number of nitrogens with one attached hydrogen (secondary N) is 1. The number of carbonyl (C=O) groups excluding carboxylic acids is 1. The number of piperazine rings is 1. The molecule has 7 nitrogen and oxygen atoms in total. The molecule has 0 radical (unpaired) electrons. The Bertz CT molecular complexity index is 1160. The molecule has 1 unspecified atom stereocenters. The molecule has 3 heterocycles. The van der Waals surface area contributed by atoms with Crippen LogP contribution < -0.4 is 5.32 Å². The molecule has 1 atom stereocenters. The largest absolute Gasteiger partial charge is 0.350 e. The Morgan fingerprint density at radius 3 is 2.65 bits per heavy atom. The third kappa shape index (κ3) is 4.20. The molecule has 1 aliphatic heterocycles. The first-order chi connectivity index (χ1) is 16.5. The summed E-state index contributed by atoms with van der Waals surface area (Å²) in [4.78, 5) is 27.1. The zero-order chi connectivity index (χ0) is 23.7. The second-order valence-corrected chi connectivity index (χ2v) is 9.84. The van der Waals surface area contributed by atoms with E-state index in [1.807, 2.05) is 0 Å². The van der Waals surface area contributed by atoms with Gasteiger partial charge in [0.15, 0.2) is 0 Å². The Kier molecular flexibility index (Phi) is 6.36. The van der Waals surface area contributed by atoms with E-state index in [1.54, 1.807) is 41.4 Å². The van der Waals surface area contributed by atoms with E-state index in [4.69, 9.17) is 0 Å². The van der Waals surface area contributed by atoms with Gasteiger partial charge in [-0.15, -0.1) is 0 Å². The highest BCUT2D eigenvalue weighted by molar-refractivity contribution is 6.07. The van der Waals surface area contributed by atoms with Crippen LogP contribution >= 0.6 is 0 Å². The van der Waals surface area contributed by atoms with Crippen molar-refractivity contribution >= 4 is 16.8 Å². The Hall–Kier alpha value is -2.84. The van der Waals surface area contributed by atoms with Crippen molar-refractivity contribution in [2.75, 3.05) is 33.2 Å². The van der Waals surface area contributed by atoms with Crippen molar-refractivity contribution in [2.45, 2.75) is 50.6 Å². The first kappa shape index (κ1) is 22.9. The van der Waals surface area contributed by atoms with Crippen LogP contribution in [0.3, 0.4) is 0 Å². The number of amides is 1. The lowest BCUT2D eigenvalue weighted by atomic mass is 9.79. The lowest BCUT2D eigenvalue weighted by molar-refractivity contribution is -0.00628. The summed E-state index contributed by atoms with van der Waals surface area (Å²) in [5.74, 6) is -0.262. The molecule has 34 heavy (non-hydrogen) atoms. The maximum Gasteiger partial charge on any atom is 0.253 e. The van der Waals surface area contributed by atoms with Crippen LogP contribution in [0.15, 0.2) is 42.9 Å². The molecule has 5 rings (SSSR count). The van der Waals surface area contributed by atoms with Crippen LogP contribution in [-0.2, 0) is 0 Å². The van der Waals surface area contributed by atoms with Gasteiger partial charge in [-0.3, -0.25) is 14.3 Å². The Labute approximate surface area is 200 Å². The highest BCUT2D eigenvalue weighted by atomic mass is 19.1. The molecule has 180 valence electrons. The van der Waals surface area contributed by atoms with Gasteiger partial charge in [-0.05, 0) is 45.0 Å². The minimum absolute atomic E-state index is 0.0388. The molecule has 3 aromatic rings. The van der Waals surface area contributed by atoms with E-state index in [-0.39, 0.29) is 11.4 Å². The molecule has 1 saturated heterocycles. The summed E-state index contributed by atoms with van der Waals surface area (Å²) in [6, 6.07) is 7.04. The van der Waals surface area contributed by atoms with Crippen molar-refractivity contribution < 1.29 is 9.18 Å². The predicted octanol–water partition coefficient (Wildman–Crippen LogP) is 3.63. The van der Waals surface area contributed by atoms with Gasteiger partial charge in [0, 0.05) is 61.7 Å². The first-order valence-electron chi connectivity index (χ1n) is 12.3. The van der Waals surface area contributed by atoms with Crippen LogP contribution in [0.25, 0.3) is 16.9 Å². The minimum Gasteiger partial charge on any atom is -0.350 e. The molecular formula is C26H33FN6O. The fourth-order valence-electron chi connectivity index (χ4n) is 5.63. The standard InChI is InChI=1S/C26H33FN6O/c1-19-16-32(15-14-31(19)2)26(10-4-3-5-11-26)18-30-24(34)20-17-33(25-28-12-7-13-29-25)22-9-6-8-21(27)23(20)22/h6-9,12-13,17,19H,3-5,10-11,14-16,18H2,1-2H3,(H,30,34). The van der Waals surface area contributed by atoms with Crippen LogP contribution in [0, 0.1) is 5.82 Å². The first-order valence-corrected chi connectivity index (χ1v) is 12.3. The molecule has 1 N–H and O–H groups in total. The monoisotopic (exact) mass is 464 g/mol. The van der Waals surface area contributed by atoms with Crippen molar-refractivity contribution in [2.24, 2.45) is 0 Å². The molecule has 0 spiro atoms. The number of rotatable bonds is 5. The predicted molar refractivity (Wildman–Crippen MR) is 131 cm³/mol. The van der Waals surface area contributed by atoms with Gasteiger partial charge in [0.2, 0.25) is 5.95 Å². The molecule has 1 aromatic carbocycles. The summed E-state index contributed by atoms with van der Waals surface area (Å²) in [6.45, 7) is 5.89. The van der Waals surface area contributed by atoms with Gasteiger partial charge in [0.25, 0.3) is 5.91 Å². The quantitative estimate of drug-likeness (QED) is 0.625. The summed E-state index contributed by atoms with van der Waals surface area (Å²) in [7, 11) is 2.18. The average Bonchev–Trinajstić information content (AvgIpc) is 3.26. The minimum atomic E-state index is -0.419. The van der Waals surface area contributed by atoms with E-state index in [9.17, 15) is 9.18 Å². The molecule has 1 saturated carbocycles. The van der Waals surface area contributed by atoms with Gasteiger partial charge in [0.05, 0.1) is 11.1 Å². The Balaban J connectivity index is 1.43. The molecular weight excluding hydrogens is 431 g/mol. The molecule has 2 aliphatic rings. The summed E-state index contributed by atoms with van der Waals surface area (Å²) >= 11 is 0. The maximum atomic E-state index is 14.9. The molecule has 1 aliphatic carbocycles. The number of aromatic nitrogens is 3. The Morgan fingerprint density at radius 1 is 1.15 bits per heavy atom. The summed E-state index contributed by atoms with van der Waals surface area (Å²) in [5.41, 5.74) is 0.859. The third-order valence-corrected chi connectivity index (χ3v) is 7.78. The van der Waals surface area contributed by atoms with Crippen molar-refractivity contribution in [1.82, 2.24) is 29.7 Å². The van der Waals surface area contributed by atoms with Crippen LogP contribution in [0.5, 0.6) is 0 Å². The second-order valence-electron chi connectivity index (χ2n) is 9.84. The number of likely N-dealkylation sites (N-methyl/N-ethyl adjacent to an activating group) is 1. The van der Waals surface area contributed by atoms with Gasteiger partial charge >= 0.3 is 0 Å². The maximum absolute atomic E-state index is 14.9. The van der Waals surface area contributed by atoms with Crippen molar-refractivity contribution in [1.29, 1.82) is 0 Å². The number of benzene rings is 1. The second kappa shape index (κ2) is 9.43. The normalized spacial score (nSPS) is 21.6. The van der Waals surface area contributed by atoms with Gasteiger partial charge < -0.3 is 10.2 Å². The molecule has 2 fully saturated rings. The van der Waals surface area contributed by atoms with E-state index in [1.165, 1.54) is 25.3 Å². The van der Waals surface area contributed by atoms with E-state index >= 15 is 0 Å². The number of hydrogen-bond donors (Lipinski definition) is 1. The van der Waals surface area contributed by atoms with E-state index in [0.717, 1.165) is 32.5 Å². The number of carbonyl (C=O) groups is 1. The number of fused-ring (bicyclic) bond motifs is 1. The number of nitrogens with zero attached hydrogens (tertiary/aromatic N) is 5. The SMILES string of the molecule is CC1CN(C2(CNC(=O)c3cn(-c4ncccn4)c4cccc(F)c34)CCCCC2)CCN1C. The molecule has 2 aromatic heterocycles. The van der Waals surface area contributed by atoms with Gasteiger partial charge in [-0.2, -0.15) is 0 Å². The van der Waals surface area contributed by atoms with E-state index < -0.39 is 5.82 Å². The summed E-state index contributed by atoms with van der Waals surface area (Å²) in [5, 5.41) is 3.51. The molecule has 0 bridgehead atoms. The van der Waals surface area contributed by atoms with Gasteiger partial charge in [-0.1, -0.05) is 25.3 Å². The van der Waals surface area contributed by atoms with Crippen LogP contribution in [0.2, 0.25) is 0 Å². The highest BCUT2D eigenvalue weighted by Crippen LogP contribution is 2.35. The number of halogens is 1. The fraction of sp³-hybridized carbons (Fsp3) is 0.500. The van der Waals surface area contributed by atoms with Crippen LogP contribution in [-0.4, -0.2) is 75.0 Å². The lowest BCUT2D eigenvalue weighted by Crippen LogP contribution is -2.63. The van der Waals surface area contributed by atoms with Gasteiger partial charge in [0.1, 0.15) is 5.82 Å². The molecule has 8 heteroatoms. The van der Waals surface area contributed by atoms with Crippen molar-refractivity contribution in [3.8, 4) is 5.95 Å². The topological polar surface area (TPSA) is 66.3 Å². The van der Waals surface area contributed by atoms with E-state index in [2.05, 4.69) is 39.1 Å². The zero-order valence-electron chi connectivity index (χ0n) is 20.0. The highest BCUT2D eigenvalue weighted by Gasteiger charge is 2.40. The smallest absolute Gasteiger partial charge is 0.253 e. The van der Waals surface area contributed by atoms with Gasteiger partial charge in [-0.25, -0.2) is 14.4 Å². The van der Waals surface area contributed by atoms with Crippen LogP contribution in [0.1, 0.15) is 49.4 Å². The Morgan fingerprint density at radius 2 is 1.91 bits per heavy atom. The summed E-state index contributed by atoms with van der Waals surface area (Å²) < 4.78 is 16.6. The average molecular weight is 465 g/mol. The molecule has 1 amide bonds. The zero-order valence-corrected chi connectivity index (χ0v) is 20.0. The van der Waals surface area contributed by atoms with Crippen LogP contribution in [0.4, 0.5) is 4.39 Å². The van der Waals surface area contributed by atoms with Crippen molar-refractivity contribution in [3.05, 3.63) is 54.2 Å². The lowest BCUT2D eigenvalue weighted by Gasteiger charge is -2.51. The summed E-state index contributed by atoms with van der Waals surface area (Å²) in [6.07, 6.45) is 10.7. The fourth-order valence-corrected chi connectivity index (χ4v) is 5.63. The third-order valence-electron chi connectivity index (χ3n) is 7.78. The number of hydrogen-bond acceptors (Lipinski definition) is 5. The van der Waals surface area contributed by atoms with E-state index in [0.29, 0.717) is 35.0 Å². The van der Waals surface area contributed by atoms with Crippen molar-refractivity contribution in [3.63, 3.8) is 0 Å².